The maximum atomic E-state index is 12.6. The number of esters is 1. The quantitative estimate of drug-likeness (QED) is 0.156. The van der Waals surface area contributed by atoms with Crippen LogP contribution in [0.1, 0.15) is 39.9 Å². The van der Waals surface area contributed by atoms with Gasteiger partial charge in [-0.25, -0.2) is 9.78 Å². The van der Waals surface area contributed by atoms with Crippen molar-refractivity contribution < 1.29 is 18.7 Å². The van der Waals surface area contributed by atoms with E-state index in [2.05, 4.69) is 41.1 Å². The summed E-state index contributed by atoms with van der Waals surface area (Å²) in [7, 11) is 0. The lowest BCUT2D eigenvalue weighted by Gasteiger charge is -2.26. The minimum Gasteiger partial charge on any atom is -0.493 e. The minimum atomic E-state index is -0.311. The van der Waals surface area contributed by atoms with E-state index in [1.165, 1.54) is 5.56 Å². The number of ether oxygens (including phenoxy) is 2. The molecule has 208 valence electrons. The van der Waals surface area contributed by atoms with Gasteiger partial charge >= 0.3 is 5.97 Å². The first kappa shape index (κ1) is 27.7. The Morgan fingerprint density at radius 1 is 0.829 bits per heavy atom. The van der Waals surface area contributed by atoms with Gasteiger partial charge in [0.25, 0.3) is 0 Å². The van der Waals surface area contributed by atoms with Gasteiger partial charge in [0.2, 0.25) is 5.89 Å². The molecule has 0 amide bonds. The molecule has 4 aromatic carbocycles. The van der Waals surface area contributed by atoms with Crippen molar-refractivity contribution in [2.75, 3.05) is 18.1 Å². The fourth-order valence-corrected chi connectivity index (χ4v) is 4.64. The highest BCUT2D eigenvalue weighted by Crippen LogP contribution is 2.31. The lowest BCUT2D eigenvalue weighted by molar-refractivity contribution is 0.0525. The molecule has 0 N–H and O–H groups in total. The number of rotatable bonds is 11. The second-order valence-electron chi connectivity index (χ2n) is 9.78. The van der Waals surface area contributed by atoms with Crippen molar-refractivity contribution >= 4 is 17.3 Å². The van der Waals surface area contributed by atoms with Gasteiger partial charge in [0.05, 0.1) is 24.5 Å². The molecule has 0 bridgehead atoms. The highest BCUT2D eigenvalue weighted by molar-refractivity contribution is 5.91. The third kappa shape index (κ3) is 6.84. The Hall–Kier alpha value is -4.84. The van der Waals surface area contributed by atoms with Crippen LogP contribution >= 0.6 is 0 Å². The van der Waals surface area contributed by atoms with Crippen LogP contribution in [0, 0.1) is 13.8 Å². The van der Waals surface area contributed by atoms with E-state index in [9.17, 15) is 4.79 Å². The normalized spacial score (nSPS) is 10.8. The fraction of sp³-hybridized carbons (Fsp3) is 0.200. The summed E-state index contributed by atoms with van der Waals surface area (Å²) < 4.78 is 17.3. The number of aryl methyl sites for hydroxylation is 2. The Bertz CT molecular complexity index is 1580. The molecule has 0 saturated heterocycles. The molecule has 0 unspecified atom stereocenters. The Kier molecular flexibility index (Phi) is 8.79. The predicted octanol–water partition coefficient (Wildman–Crippen LogP) is 8.09. The van der Waals surface area contributed by atoms with E-state index in [0.717, 1.165) is 39.7 Å². The summed E-state index contributed by atoms with van der Waals surface area (Å²) in [6.45, 7) is 7.14. The molecule has 0 fully saturated rings. The highest BCUT2D eigenvalue weighted by atomic mass is 16.5. The van der Waals surface area contributed by atoms with E-state index in [1.54, 1.807) is 0 Å². The maximum Gasteiger partial charge on any atom is 0.338 e. The molecule has 1 heterocycles. The van der Waals surface area contributed by atoms with Gasteiger partial charge in [0, 0.05) is 29.9 Å². The van der Waals surface area contributed by atoms with Crippen molar-refractivity contribution in [3.05, 3.63) is 131 Å². The van der Waals surface area contributed by atoms with Crippen LogP contribution in [0.25, 0.3) is 11.5 Å². The number of hydrogen-bond acceptors (Lipinski definition) is 6. The molecular weight excluding hydrogens is 512 g/mol. The lowest BCUT2D eigenvalue weighted by atomic mass is 10.1. The van der Waals surface area contributed by atoms with Crippen LogP contribution in [0.5, 0.6) is 5.75 Å². The Morgan fingerprint density at radius 2 is 1.49 bits per heavy atom. The third-order valence-electron chi connectivity index (χ3n) is 6.86. The van der Waals surface area contributed by atoms with Gasteiger partial charge in [-0.1, -0.05) is 54.1 Å². The average molecular weight is 547 g/mol. The monoisotopic (exact) mass is 546 g/mol. The third-order valence-corrected chi connectivity index (χ3v) is 6.86. The van der Waals surface area contributed by atoms with E-state index in [-0.39, 0.29) is 5.97 Å². The van der Waals surface area contributed by atoms with Gasteiger partial charge in [-0.2, -0.15) is 0 Å². The largest absolute Gasteiger partial charge is 0.493 e. The van der Waals surface area contributed by atoms with Crippen LogP contribution in [-0.2, 0) is 17.7 Å². The van der Waals surface area contributed by atoms with E-state index >= 15 is 0 Å². The van der Waals surface area contributed by atoms with Crippen LogP contribution in [0.4, 0.5) is 11.4 Å². The predicted molar refractivity (Wildman–Crippen MR) is 162 cm³/mol. The van der Waals surface area contributed by atoms with Crippen LogP contribution in [0.3, 0.4) is 0 Å². The van der Waals surface area contributed by atoms with Gasteiger partial charge in [0.1, 0.15) is 11.5 Å². The molecule has 41 heavy (non-hydrogen) atoms. The topological polar surface area (TPSA) is 64.8 Å². The Labute approximate surface area is 241 Å². The summed E-state index contributed by atoms with van der Waals surface area (Å²) in [5, 5.41) is 0. The van der Waals surface area contributed by atoms with Crippen molar-refractivity contribution in [1.82, 2.24) is 4.98 Å². The lowest BCUT2D eigenvalue weighted by Crippen LogP contribution is -2.19. The number of carbonyl (C=O) groups excluding carboxylic acids is 1. The molecule has 6 nitrogen and oxygen atoms in total. The second-order valence-corrected chi connectivity index (χ2v) is 9.78. The van der Waals surface area contributed by atoms with Gasteiger partial charge in [-0.15, -0.1) is 0 Å². The average Bonchev–Trinajstić information content (AvgIpc) is 3.38. The molecule has 1 aromatic heterocycles. The zero-order valence-electron chi connectivity index (χ0n) is 23.7. The van der Waals surface area contributed by atoms with Crippen molar-refractivity contribution in [3.63, 3.8) is 0 Å². The molecule has 5 rings (SSSR count). The summed E-state index contributed by atoms with van der Waals surface area (Å²) in [6.07, 6.45) is 0.643. The molecule has 0 spiro atoms. The van der Waals surface area contributed by atoms with Crippen LogP contribution in [0.15, 0.2) is 108 Å². The van der Waals surface area contributed by atoms with Gasteiger partial charge in [0.15, 0.2) is 0 Å². The number of oxazole rings is 1. The van der Waals surface area contributed by atoms with Crippen LogP contribution < -0.4 is 9.64 Å². The van der Waals surface area contributed by atoms with Gasteiger partial charge < -0.3 is 18.8 Å². The standard InChI is InChI=1S/C35H34N2O4/c1-4-39-35(38)32-13-9-8-12-28(32)24-37(29-16-14-25(2)15-17-29)30-18-20-31(21-19-30)40-23-22-33-26(3)41-34(36-33)27-10-6-5-7-11-27/h5-21H,4,22-24H2,1-3H3. The van der Waals surface area contributed by atoms with Crippen molar-refractivity contribution in [3.8, 4) is 17.2 Å². The summed E-state index contributed by atoms with van der Waals surface area (Å²) >= 11 is 0. The molecule has 0 radical (unpaired) electrons. The summed E-state index contributed by atoms with van der Waals surface area (Å²) in [6, 6.07) is 33.9. The number of carbonyl (C=O) groups is 1. The molecule has 6 heteroatoms. The van der Waals surface area contributed by atoms with Gasteiger partial charge in [-0.3, -0.25) is 0 Å². The SMILES string of the molecule is CCOC(=O)c1ccccc1CN(c1ccc(C)cc1)c1ccc(OCCc2nc(-c3ccccc3)oc2C)cc1. The van der Waals surface area contributed by atoms with Crippen molar-refractivity contribution in [2.45, 2.75) is 33.7 Å². The second kappa shape index (κ2) is 13.0. The summed E-state index contributed by atoms with van der Waals surface area (Å²) in [4.78, 5) is 19.5. The zero-order valence-corrected chi connectivity index (χ0v) is 23.7. The number of anilines is 2. The smallest absolute Gasteiger partial charge is 0.338 e. The molecular formula is C35H34N2O4. The van der Waals surface area contributed by atoms with Crippen LogP contribution in [0.2, 0.25) is 0 Å². The molecule has 0 atom stereocenters. The first-order chi connectivity index (χ1) is 20.0. The summed E-state index contributed by atoms with van der Waals surface area (Å²) in [5.41, 5.74) is 6.52. The fourth-order valence-electron chi connectivity index (χ4n) is 4.64. The Balaban J connectivity index is 1.30. The first-order valence-electron chi connectivity index (χ1n) is 13.9. The highest BCUT2D eigenvalue weighted by Gasteiger charge is 2.17. The maximum absolute atomic E-state index is 12.6. The van der Waals surface area contributed by atoms with Crippen molar-refractivity contribution in [2.24, 2.45) is 0 Å². The van der Waals surface area contributed by atoms with E-state index in [4.69, 9.17) is 13.9 Å². The summed E-state index contributed by atoms with van der Waals surface area (Å²) in [5.74, 6) is 1.89. The minimum absolute atomic E-state index is 0.311. The molecule has 0 aliphatic rings. The molecule has 5 aromatic rings. The zero-order chi connectivity index (χ0) is 28.6. The van der Waals surface area contributed by atoms with E-state index in [1.807, 2.05) is 92.7 Å². The molecule has 0 aliphatic carbocycles. The molecule has 0 saturated carbocycles. The van der Waals surface area contributed by atoms with E-state index < -0.39 is 0 Å². The van der Waals surface area contributed by atoms with Crippen LogP contribution in [-0.4, -0.2) is 24.2 Å². The molecule has 0 aliphatic heterocycles. The number of nitrogens with zero attached hydrogens (tertiary/aromatic N) is 2. The number of benzene rings is 4. The number of aromatic nitrogens is 1. The number of hydrogen-bond donors (Lipinski definition) is 0. The van der Waals surface area contributed by atoms with Crippen molar-refractivity contribution in [1.29, 1.82) is 0 Å². The van der Waals surface area contributed by atoms with Gasteiger partial charge in [-0.05, 0) is 80.9 Å². The Morgan fingerprint density at radius 3 is 2.20 bits per heavy atom. The first-order valence-corrected chi connectivity index (χ1v) is 13.9. The van der Waals surface area contributed by atoms with E-state index in [0.29, 0.717) is 37.6 Å².